The van der Waals surface area contributed by atoms with Crippen LogP contribution in [0, 0.1) is 5.41 Å². The topological polar surface area (TPSA) is 104 Å². The molecule has 194 valence electrons. The van der Waals surface area contributed by atoms with Crippen molar-refractivity contribution < 1.29 is 19.1 Å². The van der Waals surface area contributed by atoms with Gasteiger partial charge in [0.2, 0.25) is 11.8 Å². The number of aromatic amines is 1. The highest BCUT2D eigenvalue weighted by Crippen LogP contribution is 2.41. The first-order chi connectivity index (χ1) is 17.6. The number of Topliss-reactive ketones (excluding diaryl/α,β-unsaturated/α-hetero) is 1. The van der Waals surface area contributed by atoms with E-state index < -0.39 is 5.41 Å². The number of hydrogen-bond acceptors (Lipinski definition) is 5. The summed E-state index contributed by atoms with van der Waals surface area (Å²) >= 11 is 0. The molecule has 0 aliphatic heterocycles. The number of hydrogen-bond donors (Lipinski definition) is 2. The standard InChI is InChI=1S/C29H34N4O4/c1-18(37-5)17-33(4)28(36)29(3)15-23-26(24(35)16-29)22(13-20-9-7-6-8-10-20)27(32-23)21-11-12-30-25(14-21)31-19(2)34/h6-12,14,18,32H,13,15-17H2,1-5H3,(H,30,31,34)/t18-,29?/m0/s1. The van der Waals surface area contributed by atoms with Gasteiger partial charge in [-0.05, 0) is 37.1 Å². The molecule has 2 amide bonds. The zero-order valence-electron chi connectivity index (χ0n) is 22.1. The zero-order chi connectivity index (χ0) is 26.7. The van der Waals surface area contributed by atoms with Gasteiger partial charge in [-0.1, -0.05) is 30.3 Å². The fourth-order valence-electron chi connectivity index (χ4n) is 5.17. The van der Waals surface area contributed by atoms with Gasteiger partial charge in [-0.3, -0.25) is 14.4 Å². The van der Waals surface area contributed by atoms with E-state index in [0.717, 1.165) is 28.1 Å². The maximum absolute atomic E-state index is 13.7. The lowest BCUT2D eigenvalue weighted by molar-refractivity contribution is -0.141. The van der Waals surface area contributed by atoms with E-state index >= 15 is 0 Å². The first-order valence-electron chi connectivity index (χ1n) is 12.4. The number of aromatic nitrogens is 2. The van der Waals surface area contributed by atoms with Gasteiger partial charge >= 0.3 is 0 Å². The molecule has 2 heterocycles. The first kappa shape index (κ1) is 26.3. The van der Waals surface area contributed by atoms with E-state index in [-0.39, 0.29) is 30.1 Å². The van der Waals surface area contributed by atoms with Gasteiger partial charge in [0, 0.05) is 69.9 Å². The summed E-state index contributed by atoms with van der Waals surface area (Å²) in [5.41, 5.74) is 4.14. The van der Waals surface area contributed by atoms with Crippen LogP contribution in [0.2, 0.25) is 0 Å². The second kappa shape index (κ2) is 10.7. The van der Waals surface area contributed by atoms with Crippen LogP contribution in [-0.4, -0.2) is 59.3 Å². The number of benzene rings is 1. The summed E-state index contributed by atoms with van der Waals surface area (Å²) in [6, 6.07) is 13.6. The molecule has 1 unspecified atom stereocenters. The minimum absolute atomic E-state index is 0.0464. The molecule has 3 aromatic rings. The van der Waals surface area contributed by atoms with Gasteiger partial charge in [-0.25, -0.2) is 4.98 Å². The fraction of sp³-hybridized carbons (Fsp3) is 0.379. The lowest BCUT2D eigenvalue weighted by Crippen LogP contribution is -2.47. The molecule has 0 bridgehead atoms. The number of nitrogens with zero attached hydrogens (tertiary/aromatic N) is 2. The number of carbonyl (C=O) groups is 3. The first-order valence-corrected chi connectivity index (χ1v) is 12.4. The van der Waals surface area contributed by atoms with Gasteiger partial charge in [-0.15, -0.1) is 0 Å². The van der Waals surface area contributed by atoms with Crippen LogP contribution in [0.1, 0.15) is 54.4 Å². The van der Waals surface area contributed by atoms with Crippen LogP contribution in [0.3, 0.4) is 0 Å². The molecule has 2 N–H and O–H groups in total. The zero-order valence-corrected chi connectivity index (χ0v) is 22.1. The Balaban J connectivity index is 1.77. The van der Waals surface area contributed by atoms with Gasteiger partial charge in [0.1, 0.15) is 5.82 Å². The van der Waals surface area contributed by atoms with Crippen LogP contribution in [0.5, 0.6) is 0 Å². The quantitative estimate of drug-likeness (QED) is 0.479. The molecule has 8 nitrogen and oxygen atoms in total. The molecule has 1 aromatic carbocycles. The number of amides is 2. The molecule has 0 fully saturated rings. The van der Waals surface area contributed by atoms with Crippen molar-refractivity contribution in [1.82, 2.24) is 14.9 Å². The number of ether oxygens (including phenoxy) is 1. The Morgan fingerprint density at radius 1 is 1.22 bits per heavy atom. The third-order valence-corrected chi connectivity index (χ3v) is 6.95. The van der Waals surface area contributed by atoms with Gasteiger partial charge in [-0.2, -0.15) is 0 Å². The molecule has 2 aromatic heterocycles. The van der Waals surface area contributed by atoms with E-state index in [1.807, 2.05) is 50.2 Å². The average Bonchev–Trinajstić information content (AvgIpc) is 3.21. The predicted molar refractivity (Wildman–Crippen MR) is 142 cm³/mol. The molecule has 0 saturated carbocycles. The molecule has 2 atom stereocenters. The number of rotatable bonds is 8. The lowest BCUT2D eigenvalue weighted by atomic mass is 9.72. The summed E-state index contributed by atoms with van der Waals surface area (Å²) in [6.07, 6.45) is 2.64. The monoisotopic (exact) mass is 502 g/mol. The van der Waals surface area contributed by atoms with Crippen molar-refractivity contribution in [2.45, 2.75) is 46.1 Å². The minimum atomic E-state index is -0.863. The Morgan fingerprint density at radius 2 is 1.95 bits per heavy atom. The molecule has 37 heavy (non-hydrogen) atoms. The minimum Gasteiger partial charge on any atom is -0.380 e. The number of ketones is 1. The summed E-state index contributed by atoms with van der Waals surface area (Å²) in [4.78, 5) is 48.2. The summed E-state index contributed by atoms with van der Waals surface area (Å²) in [5.74, 6) is 0.0997. The van der Waals surface area contributed by atoms with E-state index in [0.29, 0.717) is 30.8 Å². The molecule has 1 aliphatic carbocycles. The van der Waals surface area contributed by atoms with Crippen LogP contribution in [-0.2, 0) is 27.2 Å². The molecule has 0 spiro atoms. The number of anilines is 1. The Bertz CT molecular complexity index is 1320. The van der Waals surface area contributed by atoms with Crippen molar-refractivity contribution in [3.8, 4) is 11.3 Å². The maximum atomic E-state index is 13.7. The van der Waals surface area contributed by atoms with Crippen molar-refractivity contribution in [2.24, 2.45) is 5.41 Å². The largest absolute Gasteiger partial charge is 0.380 e. The van der Waals surface area contributed by atoms with Crippen LogP contribution < -0.4 is 5.32 Å². The van der Waals surface area contributed by atoms with Gasteiger partial charge in [0.05, 0.1) is 17.2 Å². The van der Waals surface area contributed by atoms with Crippen LogP contribution >= 0.6 is 0 Å². The highest BCUT2D eigenvalue weighted by atomic mass is 16.5. The number of fused-ring (bicyclic) bond motifs is 1. The normalized spacial score (nSPS) is 17.7. The summed E-state index contributed by atoms with van der Waals surface area (Å²) in [5, 5.41) is 2.72. The van der Waals surface area contributed by atoms with Crippen molar-refractivity contribution in [3.63, 3.8) is 0 Å². The van der Waals surface area contributed by atoms with Crippen LogP contribution in [0.25, 0.3) is 11.3 Å². The van der Waals surface area contributed by atoms with Gasteiger partial charge in [0.15, 0.2) is 5.78 Å². The molecule has 0 saturated heterocycles. The van der Waals surface area contributed by atoms with E-state index in [1.54, 1.807) is 31.3 Å². The van der Waals surface area contributed by atoms with E-state index in [2.05, 4.69) is 15.3 Å². The SMILES string of the molecule is CO[C@@H](C)CN(C)C(=O)C1(C)CC(=O)c2c([nH]c(-c3ccnc(NC(C)=O)c3)c2Cc2ccccc2)C1. The Labute approximate surface area is 217 Å². The molecular formula is C29H34N4O4. The number of pyridine rings is 1. The molecule has 4 rings (SSSR count). The predicted octanol–water partition coefficient (Wildman–Crippen LogP) is 4.25. The maximum Gasteiger partial charge on any atom is 0.229 e. The Morgan fingerprint density at radius 3 is 2.62 bits per heavy atom. The number of nitrogens with one attached hydrogen (secondary N) is 2. The second-order valence-corrected chi connectivity index (χ2v) is 10.2. The molecule has 1 aliphatic rings. The average molecular weight is 503 g/mol. The van der Waals surface area contributed by atoms with E-state index in [1.165, 1.54) is 6.92 Å². The summed E-state index contributed by atoms with van der Waals surface area (Å²) in [7, 11) is 3.37. The fourth-order valence-corrected chi connectivity index (χ4v) is 5.17. The number of carbonyl (C=O) groups excluding carboxylic acids is 3. The Kier molecular flexibility index (Phi) is 7.59. The third kappa shape index (κ3) is 5.64. The van der Waals surface area contributed by atoms with Gasteiger partial charge in [0.25, 0.3) is 0 Å². The summed E-state index contributed by atoms with van der Waals surface area (Å²) < 4.78 is 5.33. The second-order valence-electron chi connectivity index (χ2n) is 10.2. The van der Waals surface area contributed by atoms with E-state index in [4.69, 9.17) is 4.74 Å². The number of methoxy groups -OCH3 is 1. The molecular weight excluding hydrogens is 468 g/mol. The van der Waals surface area contributed by atoms with Crippen LogP contribution in [0.4, 0.5) is 5.82 Å². The van der Waals surface area contributed by atoms with E-state index in [9.17, 15) is 14.4 Å². The van der Waals surface area contributed by atoms with Crippen molar-refractivity contribution in [2.75, 3.05) is 26.0 Å². The van der Waals surface area contributed by atoms with Crippen molar-refractivity contribution >= 4 is 23.4 Å². The Hall–Kier alpha value is -3.78. The molecule has 8 heteroatoms. The smallest absolute Gasteiger partial charge is 0.229 e. The highest BCUT2D eigenvalue weighted by Gasteiger charge is 2.44. The summed E-state index contributed by atoms with van der Waals surface area (Å²) in [6.45, 7) is 5.66. The number of likely N-dealkylation sites (N-methyl/N-ethyl adjacent to an activating group) is 1. The third-order valence-electron chi connectivity index (χ3n) is 6.95. The molecule has 0 radical (unpaired) electrons. The number of H-pyrrole nitrogens is 1. The van der Waals surface area contributed by atoms with Crippen molar-refractivity contribution in [3.05, 3.63) is 71.0 Å². The van der Waals surface area contributed by atoms with Crippen molar-refractivity contribution in [1.29, 1.82) is 0 Å². The highest BCUT2D eigenvalue weighted by molar-refractivity contribution is 6.05. The lowest BCUT2D eigenvalue weighted by Gasteiger charge is -2.35. The van der Waals surface area contributed by atoms with Gasteiger partial charge < -0.3 is 19.9 Å². The van der Waals surface area contributed by atoms with Crippen LogP contribution in [0.15, 0.2) is 48.7 Å².